The Morgan fingerprint density at radius 3 is 2.27 bits per heavy atom. The lowest BCUT2D eigenvalue weighted by Gasteiger charge is -2.17. The Balaban J connectivity index is 1.95. The van der Waals surface area contributed by atoms with Crippen LogP contribution in [-0.4, -0.2) is 20.9 Å². The van der Waals surface area contributed by atoms with Gasteiger partial charge in [0.25, 0.3) is 5.91 Å². The van der Waals surface area contributed by atoms with Crippen molar-refractivity contribution in [3.8, 4) is 5.75 Å². The molecule has 0 saturated carbocycles. The van der Waals surface area contributed by atoms with Gasteiger partial charge in [0.2, 0.25) is 10.0 Å². The first kappa shape index (κ1) is 19.9. The van der Waals surface area contributed by atoms with Crippen LogP contribution in [-0.2, 0) is 14.8 Å². The summed E-state index contributed by atoms with van der Waals surface area (Å²) in [5.41, 5.74) is 1.82. The first-order valence-corrected chi connectivity index (χ1v) is 9.87. The molecule has 2 aromatic carbocycles. The number of amides is 1. The van der Waals surface area contributed by atoms with Gasteiger partial charge in [0.05, 0.1) is 10.9 Å². The molecule has 0 unspecified atom stereocenters. The highest BCUT2D eigenvalue weighted by molar-refractivity contribution is 7.89. The second-order valence-electron chi connectivity index (χ2n) is 6.38. The zero-order valence-electron chi connectivity index (χ0n) is 15.1. The van der Waals surface area contributed by atoms with Crippen LogP contribution in [0.25, 0.3) is 0 Å². The van der Waals surface area contributed by atoms with Gasteiger partial charge in [0.15, 0.2) is 6.61 Å². The molecule has 0 saturated heterocycles. The quantitative estimate of drug-likeness (QED) is 0.776. The fourth-order valence-electron chi connectivity index (χ4n) is 2.54. The number of carbonyl (C=O) groups is 1. The summed E-state index contributed by atoms with van der Waals surface area (Å²) in [6.07, 6.45) is 0. The van der Waals surface area contributed by atoms with Crippen LogP contribution in [0.2, 0.25) is 0 Å². The van der Waals surface area contributed by atoms with Gasteiger partial charge in [-0.1, -0.05) is 44.2 Å². The van der Waals surface area contributed by atoms with Crippen LogP contribution in [0, 0.1) is 0 Å². The van der Waals surface area contributed by atoms with Crippen LogP contribution in [0.1, 0.15) is 43.9 Å². The van der Waals surface area contributed by atoms with Crippen LogP contribution in [0.3, 0.4) is 0 Å². The lowest BCUT2D eigenvalue weighted by Crippen LogP contribution is -2.31. The van der Waals surface area contributed by atoms with Gasteiger partial charge < -0.3 is 10.1 Å². The minimum atomic E-state index is -3.73. The van der Waals surface area contributed by atoms with Gasteiger partial charge in [-0.25, -0.2) is 13.6 Å². The SMILES string of the molecule is CC(C)c1ccccc1OCC(=O)N[C@@H](C)c1ccc(S(N)(=O)=O)cc1. The predicted molar refractivity (Wildman–Crippen MR) is 100 cm³/mol. The molecule has 1 amide bonds. The van der Waals surface area contributed by atoms with E-state index >= 15 is 0 Å². The Hall–Kier alpha value is -2.38. The van der Waals surface area contributed by atoms with E-state index in [1.807, 2.05) is 31.2 Å². The number of carbonyl (C=O) groups excluding carboxylic acids is 1. The van der Waals surface area contributed by atoms with Gasteiger partial charge in [-0.2, -0.15) is 0 Å². The van der Waals surface area contributed by atoms with Crippen molar-refractivity contribution in [1.29, 1.82) is 0 Å². The number of sulfonamides is 1. The van der Waals surface area contributed by atoms with E-state index in [0.29, 0.717) is 11.7 Å². The molecule has 0 aliphatic heterocycles. The third-order valence-corrected chi connectivity index (χ3v) is 4.92. The van der Waals surface area contributed by atoms with Crippen molar-refractivity contribution in [2.24, 2.45) is 5.14 Å². The minimum absolute atomic E-state index is 0.0356. The van der Waals surface area contributed by atoms with Gasteiger partial charge in [-0.15, -0.1) is 0 Å². The molecule has 0 fully saturated rings. The molecule has 0 aliphatic rings. The summed E-state index contributed by atoms with van der Waals surface area (Å²) in [5, 5.41) is 7.91. The molecule has 0 aliphatic carbocycles. The maximum Gasteiger partial charge on any atom is 0.258 e. The van der Waals surface area contributed by atoms with Crippen molar-refractivity contribution < 1.29 is 17.9 Å². The van der Waals surface area contributed by atoms with Crippen molar-refractivity contribution in [3.63, 3.8) is 0 Å². The molecule has 2 rings (SSSR count). The van der Waals surface area contributed by atoms with Crippen LogP contribution in [0.4, 0.5) is 0 Å². The zero-order chi connectivity index (χ0) is 19.3. The average molecular weight is 376 g/mol. The molecule has 6 nitrogen and oxygen atoms in total. The second kappa shape index (κ2) is 8.33. The maximum atomic E-state index is 12.2. The Morgan fingerprint density at radius 1 is 1.08 bits per heavy atom. The van der Waals surface area contributed by atoms with Gasteiger partial charge in [-0.3, -0.25) is 4.79 Å². The molecule has 0 radical (unpaired) electrons. The fourth-order valence-corrected chi connectivity index (χ4v) is 3.06. The van der Waals surface area contributed by atoms with E-state index in [-0.39, 0.29) is 23.5 Å². The number of rotatable bonds is 7. The summed E-state index contributed by atoms with van der Waals surface area (Å²) < 4.78 is 28.2. The number of benzene rings is 2. The fraction of sp³-hybridized carbons (Fsp3) is 0.316. The summed E-state index contributed by atoms with van der Waals surface area (Å²) in [6.45, 7) is 5.85. The van der Waals surface area contributed by atoms with Gasteiger partial charge in [-0.05, 0) is 42.2 Å². The number of primary sulfonamides is 1. The van der Waals surface area contributed by atoms with Crippen LogP contribution in [0.15, 0.2) is 53.4 Å². The molecule has 0 spiro atoms. The lowest BCUT2D eigenvalue weighted by atomic mass is 10.0. The van der Waals surface area contributed by atoms with Crippen molar-refractivity contribution in [1.82, 2.24) is 5.32 Å². The first-order valence-electron chi connectivity index (χ1n) is 8.32. The van der Waals surface area contributed by atoms with E-state index in [0.717, 1.165) is 11.1 Å². The number of nitrogens with one attached hydrogen (secondary N) is 1. The summed E-state index contributed by atoms with van der Waals surface area (Å²) in [4.78, 5) is 12.2. The van der Waals surface area contributed by atoms with E-state index in [9.17, 15) is 13.2 Å². The Labute approximate surface area is 154 Å². The standard InChI is InChI=1S/C19H24N2O4S/c1-13(2)17-6-4-5-7-18(17)25-12-19(22)21-14(3)15-8-10-16(11-9-15)26(20,23)24/h4-11,13-14H,12H2,1-3H3,(H,21,22)(H2,20,23,24)/t14-/m0/s1. The van der Waals surface area contributed by atoms with E-state index in [2.05, 4.69) is 19.2 Å². The molecule has 7 heteroatoms. The summed E-state index contributed by atoms with van der Waals surface area (Å²) in [7, 11) is -3.73. The van der Waals surface area contributed by atoms with Crippen molar-refractivity contribution in [2.75, 3.05) is 6.61 Å². The van der Waals surface area contributed by atoms with Gasteiger partial charge >= 0.3 is 0 Å². The largest absolute Gasteiger partial charge is 0.483 e. The van der Waals surface area contributed by atoms with Gasteiger partial charge in [0, 0.05) is 0 Å². The summed E-state index contributed by atoms with van der Waals surface area (Å²) >= 11 is 0. The van der Waals surface area contributed by atoms with Crippen molar-refractivity contribution in [3.05, 3.63) is 59.7 Å². The van der Waals surface area contributed by atoms with Crippen LogP contribution < -0.4 is 15.2 Å². The molecule has 1 atom stereocenters. The van der Waals surface area contributed by atoms with E-state index in [1.165, 1.54) is 12.1 Å². The molecule has 0 heterocycles. The highest BCUT2D eigenvalue weighted by Crippen LogP contribution is 2.25. The monoisotopic (exact) mass is 376 g/mol. The highest BCUT2D eigenvalue weighted by atomic mass is 32.2. The number of hydrogen-bond donors (Lipinski definition) is 2. The minimum Gasteiger partial charge on any atom is -0.483 e. The van der Waals surface area contributed by atoms with E-state index < -0.39 is 10.0 Å². The van der Waals surface area contributed by atoms with Crippen molar-refractivity contribution >= 4 is 15.9 Å². The molecule has 0 bridgehead atoms. The Bertz CT molecular complexity index is 861. The smallest absolute Gasteiger partial charge is 0.258 e. The maximum absolute atomic E-state index is 12.2. The zero-order valence-corrected chi connectivity index (χ0v) is 15.9. The number of hydrogen-bond acceptors (Lipinski definition) is 4. The van der Waals surface area contributed by atoms with E-state index in [4.69, 9.17) is 9.88 Å². The molecule has 0 aromatic heterocycles. The van der Waals surface area contributed by atoms with Gasteiger partial charge in [0.1, 0.15) is 5.75 Å². The molecule has 140 valence electrons. The molecule has 26 heavy (non-hydrogen) atoms. The molecular formula is C19H24N2O4S. The normalized spacial score (nSPS) is 12.7. The average Bonchev–Trinajstić information content (AvgIpc) is 2.59. The predicted octanol–water partition coefficient (Wildman–Crippen LogP) is 2.71. The molecule has 3 N–H and O–H groups in total. The summed E-state index contributed by atoms with van der Waals surface area (Å²) in [6, 6.07) is 13.4. The Kier molecular flexibility index (Phi) is 6.39. The molecular weight excluding hydrogens is 352 g/mol. The number of nitrogens with two attached hydrogens (primary N) is 1. The Morgan fingerprint density at radius 2 is 1.69 bits per heavy atom. The van der Waals surface area contributed by atoms with E-state index in [1.54, 1.807) is 12.1 Å². The second-order valence-corrected chi connectivity index (χ2v) is 7.95. The van der Waals surface area contributed by atoms with Crippen molar-refractivity contribution in [2.45, 2.75) is 37.6 Å². The topological polar surface area (TPSA) is 98.5 Å². The number of para-hydroxylation sites is 1. The summed E-state index contributed by atoms with van der Waals surface area (Å²) in [5.74, 6) is 0.736. The third kappa shape index (κ3) is 5.31. The highest BCUT2D eigenvalue weighted by Gasteiger charge is 2.13. The lowest BCUT2D eigenvalue weighted by molar-refractivity contribution is -0.123. The molecule has 2 aromatic rings. The number of ether oxygens (including phenoxy) is 1. The third-order valence-electron chi connectivity index (χ3n) is 3.99. The van der Waals surface area contributed by atoms with Crippen LogP contribution >= 0.6 is 0 Å². The first-order chi connectivity index (χ1) is 12.2. The van der Waals surface area contributed by atoms with Crippen LogP contribution in [0.5, 0.6) is 5.75 Å².